The fourth-order valence-electron chi connectivity index (χ4n) is 2.28. The van der Waals surface area contributed by atoms with Crippen molar-refractivity contribution in [2.24, 2.45) is 11.3 Å². The van der Waals surface area contributed by atoms with Crippen molar-refractivity contribution in [2.75, 3.05) is 6.54 Å². The van der Waals surface area contributed by atoms with Gasteiger partial charge in [0.15, 0.2) is 0 Å². The zero-order chi connectivity index (χ0) is 13.8. The van der Waals surface area contributed by atoms with Gasteiger partial charge in [0.2, 0.25) is 0 Å². The molecule has 0 spiro atoms. The summed E-state index contributed by atoms with van der Waals surface area (Å²) in [5.74, 6) is -0.452. The maximum absolute atomic E-state index is 11.7. The Bertz CT molecular complexity index is 304. The minimum absolute atomic E-state index is 0.385. The van der Waals surface area contributed by atoms with Crippen LogP contribution in [0.15, 0.2) is 0 Å². The SMILES string of the molecule is CC(C)(C)C(NC(=O)NCC1CCCC1)C(=O)O. The Labute approximate surface area is 108 Å². The van der Waals surface area contributed by atoms with Gasteiger partial charge >= 0.3 is 12.0 Å². The molecular formula is C13H24N2O3. The van der Waals surface area contributed by atoms with Crippen molar-refractivity contribution < 1.29 is 14.7 Å². The quantitative estimate of drug-likeness (QED) is 0.719. The van der Waals surface area contributed by atoms with Crippen LogP contribution in [0.4, 0.5) is 4.79 Å². The van der Waals surface area contributed by atoms with Crippen LogP contribution in [0.5, 0.6) is 0 Å². The van der Waals surface area contributed by atoms with Gasteiger partial charge in [0.1, 0.15) is 6.04 Å². The summed E-state index contributed by atoms with van der Waals surface area (Å²) in [6, 6.07) is -1.26. The number of carbonyl (C=O) groups is 2. The van der Waals surface area contributed by atoms with E-state index in [0.717, 1.165) is 12.8 Å². The smallest absolute Gasteiger partial charge is 0.326 e. The summed E-state index contributed by atoms with van der Waals surface area (Å²) in [5, 5.41) is 14.4. The molecule has 3 N–H and O–H groups in total. The van der Waals surface area contributed by atoms with Crippen LogP contribution >= 0.6 is 0 Å². The van der Waals surface area contributed by atoms with Gasteiger partial charge in [0.25, 0.3) is 0 Å². The zero-order valence-electron chi connectivity index (χ0n) is 11.5. The largest absolute Gasteiger partial charge is 0.480 e. The van der Waals surface area contributed by atoms with Gasteiger partial charge in [-0.15, -0.1) is 0 Å². The molecule has 1 saturated carbocycles. The summed E-state index contributed by atoms with van der Waals surface area (Å²) in [4.78, 5) is 22.8. The predicted molar refractivity (Wildman–Crippen MR) is 69.4 cm³/mol. The average Bonchev–Trinajstić information content (AvgIpc) is 2.73. The molecule has 5 nitrogen and oxygen atoms in total. The molecule has 2 amide bonds. The van der Waals surface area contributed by atoms with E-state index in [1.54, 1.807) is 20.8 Å². The number of aliphatic carboxylic acids is 1. The lowest BCUT2D eigenvalue weighted by Gasteiger charge is -2.28. The molecule has 1 fully saturated rings. The zero-order valence-corrected chi connectivity index (χ0v) is 11.5. The van der Waals surface area contributed by atoms with Crippen LogP contribution in [0.25, 0.3) is 0 Å². The van der Waals surface area contributed by atoms with Crippen LogP contribution < -0.4 is 10.6 Å². The van der Waals surface area contributed by atoms with Crippen molar-refractivity contribution in [2.45, 2.75) is 52.5 Å². The molecule has 0 aromatic rings. The molecule has 0 aliphatic heterocycles. The standard InChI is InChI=1S/C13H24N2O3/c1-13(2,3)10(11(16)17)15-12(18)14-8-9-6-4-5-7-9/h9-10H,4-8H2,1-3H3,(H,16,17)(H2,14,15,18). The van der Waals surface area contributed by atoms with Crippen molar-refractivity contribution >= 4 is 12.0 Å². The van der Waals surface area contributed by atoms with E-state index in [0.29, 0.717) is 12.5 Å². The first-order valence-electron chi connectivity index (χ1n) is 6.58. The molecule has 1 rings (SSSR count). The Morgan fingerprint density at radius 2 is 1.83 bits per heavy atom. The van der Waals surface area contributed by atoms with Crippen molar-refractivity contribution in [3.05, 3.63) is 0 Å². The summed E-state index contributed by atoms with van der Waals surface area (Å²) in [6.45, 7) is 6.03. The fourth-order valence-corrected chi connectivity index (χ4v) is 2.28. The molecule has 0 radical (unpaired) electrons. The Balaban J connectivity index is 2.39. The molecule has 0 aromatic carbocycles. The number of amides is 2. The van der Waals surface area contributed by atoms with E-state index in [9.17, 15) is 9.59 Å². The molecule has 104 valence electrons. The van der Waals surface area contributed by atoms with Crippen molar-refractivity contribution in [1.82, 2.24) is 10.6 Å². The van der Waals surface area contributed by atoms with Gasteiger partial charge in [-0.25, -0.2) is 9.59 Å². The van der Waals surface area contributed by atoms with E-state index >= 15 is 0 Å². The van der Waals surface area contributed by atoms with Crippen LogP contribution in [-0.2, 0) is 4.79 Å². The highest BCUT2D eigenvalue weighted by molar-refractivity contribution is 5.83. The highest BCUT2D eigenvalue weighted by atomic mass is 16.4. The minimum Gasteiger partial charge on any atom is -0.480 e. The molecule has 1 aliphatic rings. The number of nitrogens with one attached hydrogen (secondary N) is 2. The minimum atomic E-state index is -1.00. The van der Waals surface area contributed by atoms with Gasteiger partial charge in [-0.3, -0.25) is 0 Å². The van der Waals surface area contributed by atoms with Gasteiger partial charge < -0.3 is 15.7 Å². The summed E-state index contributed by atoms with van der Waals surface area (Å²) in [5.41, 5.74) is -0.503. The van der Waals surface area contributed by atoms with Crippen LogP contribution in [0, 0.1) is 11.3 Å². The lowest BCUT2D eigenvalue weighted by atomic mass is 9.87. The van der Waals surface area contributed by atoms with E-state index < -0.39 is 17.4 Å². The Morgan fingerprint density at radius 1 is 1.28 bits per heavy atom. The maximum atomic E-state index is 11.7. The number of hydrogen-bond acceptors (Lipinski definition) is 2. The maximum Gasteiger partial charge on any atom is 0.326 e. The summed E-state index contributed by atoms with van der Waals surface area (Å²) in [7, 11) is 0. The molecule has 0 heterocycles. The van der Waals surface area contributed by atoms with Gasteiger partial charge in [-0.05, 0) is 24.2 Å². The lowest BCUT2D eigenvalue weighted by Crippen LogP contribution is -2.52. The van der Waals surface area contributed by atoms with Crippen LogP contribution in [0.2, 0.25) is 0 Å². The highest BCUT2D eigenvalue weighted by Gasteiger charge is 2.32. The van der Waals surface area contributed by atoms with E-state index in [-0.39, 0.29) is 6.03 Å². The summed E-state index contributed by atoms with van der Waals surface area (Å²) >= 11 is 0. The van der Waals surface area contributed by atoms with E-state index in [1.807, 2.05) is 0 Å². The van der Waals surface area contributed by atoms with Gasteiger partial charge in [0.05, 0.1) is 0 Å². The van der Waals surface area contributed by atoms with E-state index in [2.05, 4.69) is 10.6 Å². The molecule has 0 aromatic heterocycles. The fraction of sp³-hybridized carbons (Fsp3) is 0.846. The van der Waals surface area contributed by atoms with Gasteiger partial charge in [0, 0.05) is 6.54 Å². The molecule has 5 heteroatoms. The molecule has 1 atom stereocenters. The Morgan fingerprint density at radius 3 is 2.28 bits per heavy atom. The normalized spacial score (nSPS) is 18.4. The number of rotatable bonds is 4. The summed E-state index contributed by atoms with van der Waals surface area (Å²) in [6.07, 6.45) is 4.77. The third-order valence-electron chi connectivity index (χ3n) is 3.41. The Hall–Kier alpha value is -1.26. The Kier molecular flexibility index (Phi) is 4.99. The third-order valence-corrected chi connectivity index (χ3v) is 3.41. The monoisotopic (exact) mass is 256 g/mol. The van der Waals surface area contributed by atoms with Crippen LogP contribution in [0.1, 0.15) is 46.5 Å². The van der Waals surface area contributed by atoms with Gasteiger partial charge in [-0.1, -0.05) is 33.6 Å². The second kappa shape index (κ2) is 6.07. The number of urea groups is 1. The molecule has 1 aliphatic carbocycles. The number of carboxylic acid groups (broad SMARTS) is 1. The first-order chi connectivity index (χ1) is 8.30. The first-order valence-corrected chi connectivity index (χ1v) is 6.58. The van der Waals surface area contributed by atoms with Crippen molar-refractivity contribution in [1.29, 1.82) is 0 Å². The lowest BCUT2D eigenvalue weighted by molar-refractivity contribution is -0.141. The molecule has 0 bridgehead atoms. The predicted octanol–water partition coefficient (Wildman–Crippen LogP) is 1.98. The number of carbonyl (C=O) groups excluding carboxylic acids is 1. The molecule has 0 saturated heterocycles. The molecular weight excluding hydrogens is 232 g/mol. The molecule has 1 unspecified atom stereocenters. The highest BCUT2D eigenvalue weighted by Crippen LogP contribution is 2.23. The van der Waals surface area contributed by atoms with E-state index in [4.69, 9.17) is 5.11 Å². The number of carboxylic acids is 1. The third kappa shape index (κ3) is 4.55. The van der Waals surface area contributed by atoms with Crippen LogP contribution in [0.3, 0.4) is 0 Å². The van der Waals surface area contributed by atoms with Crippen molar-refractivity contribution in [3.63, 3.8) is 0 Å². The molecule has 18 heavy (non-hydrogen) atoms. The first kappa shape index (κ1) is 14.8. The summed E-state index contributed by atoms with van der Waals surface area (Å²) < 4.78 is 0. The second-order valence-electron chi connectivity index (χ2n) is 6.14. The van der Waals surface area contributed by atoms with Crippen molar-refractivity contribution in [3.8, 4) is 0 Å². The average molecular weight is 256 g/mol. The van der Waals surface area contributed by atoms with Gasteiger partial charge in [-0.2, -0.15) is 0 Å². The number of hydrogen-bond donors (Lipinski definition) is 3. The van der Waals surface area contributed by atoms with E-state index in [1.165, 1.54) is 12.8 Å². The topological polar surface area (TPSA) is 78.4 Å². The van der Waals surface area contributed by atoms with Crippen LogP contribution in [-0.4, -0.2) is 29.7 Å². The second-order valence-corrected chi connectivity index (χ2v) is 6.14.